The van der Waals surface area contributed by atoms with Crippen molar-refractivity contribution in [3.63, 3.8) is 0 Å². The lowest BCUT2D eigenvalue weighted by Gasteiger charge is -2.21. The quantitative estimate of drug-likeness (QED) is 0.751. The molecule has 0 atom stereocenters. The minimum absolute atomic E-state index is 0.00974. The number of rotatable bonds is 7. The van der Waals surface area contributed by atoms with E-state index in [0.717, 1.165) is 41.8 Å². The van der Waals surface area contributed by atoms with E-state index in [4.69, 9.17) is 0 Å². The van der Waals surface area contributed by atoms with Gasteiger partial charge in [0.15, 0.2) is 0 Å². The van der Waals surface area contributed by atoms with Crippen molar-refractivity contribution in [2.75, 3.05) is 18.4 Å². The molecule has 0 radical (unpaired) electrons. The third-order valence-electron chi connectivity index (χ3n) is 3.41. The summed E-state index contributed by atoms with van der Waals surface area (Å²) in [5, 5.41) is 3.31. The zero-order chi connectivity index (χ0) is 16.7. The molecule has 0 bridgehead atoms. The number of para-hydroxylation sites is 1. The Morgan fingerprint density at radius 3 is 2.52 bits per heavy atom. The molecule has 2 rings (SSSR count). The van der Waals surface area contributed by atoms with Crippen molar-refractivity contribution in [3.8, 4) is 0 Å². The molecule has 0 aliphatic rings. The fraction of sp³-hybridized carbons (Fsp3) is 0.333. The van der Waals surface area contributed by atoms with Gasteiger partial charge in [0.1, 0.15) is 5.69 Å². The normalized spacial score (nSPS) is 10.4. The number of amides is 1. The van der Waals surface area contributed by atoms with Crippen LogP contribution in [0.4, 0.5) is 11.4 Å². The van der Waals surface area contributed by atoms with Gasteiger partial charge in [0.2, 0.25) is 0 Å². The van der Waals surface area contributed by atoms with Gasteiger partial charge >= 0.3 is 0 Å². The lowest BCUT2D eigenvalue weighted by molar-refractivity contribution is 0.0750. The molecule has 1 heterocycles. The van der Waals surface area contributed by atoms with E-state index in [1.54, 1.807) is 12.3 Å². The van der Waals surface area contributed by atoms with Gasteiger partial charge in [-0.1, -0.05) is 26.0 Å². The van der Waals surface area contributed by atoms with E-state index in [1.165, 1.54) is 0 Å². The van der Waals surface area contributed by atoms with Crippen LogP contribution in [-0.2, 0) is 0 Å². The van der Waals surface area contributed by atoms with Crippen LogP contribution in [0.25, 0.3) is 0 Å². The SMILES string of the molecule is CCCN(CCC)C(=O)c1cc(Nc2ccccc2Br)ccn1. The molecule has 0 saturated carbocycles. The van der Waals surface area contributed by atoms with Crippen molar-refractivity contribution in [3.05, 3.63) is 52.8 Å². The number of aromatic nitrogens is 1. The first kappa shape index (κ1) is 17.5. The van der Waals surface area contributed by atoms with Gasteiger partial charge in [-0.15, -0.1) is 0 Å². The van der Waals surface area contributed by atoms with E-state index in [0.29, 0.717) is 5.69 Å². The molecular formula is C18H22BrN3O. The van der Waals surface area contributed by atoms with E-state index in [1.807, 2.05) is 35.2 Å². The molecule has 0 spiro atoms. The lowest BCUT2D eigenvalue weighted by atomic mass is 10.2. The highest BCUT2D eigenvalue weighted by Gasteiger charge is 2.16. The molecule has 0 unspecified atom stereocenters. The number of anilines is 2. The molecule has 1 N–H and O–H groups in total. The van der Waals surface area contributed by atoms with Gasteiger partial charge in [-0.3, -0.25) is 9.78 Å². The van der Waals surface area contributed by atoms with Crippen LogP contribution in [0, 0.1) is 0 Å². The zero-order valence-corrected chi connectivity index (χ0v) is 15.1. The van der Waals surface area contributed by atoms with Crippen LogP contribution in [0.1, 0.15) is 37.2 Å². The maximum Gasteiger partial charge on any atom is 0.272 e. The van der Waals surface area contributed by atoms with E-state index >= 15 is 0 Å². The highest BCUT2D eigenvalue weighted by atomic mass is 79.9. The number of nitrogens with zero attached hydrogens (tertiary/aromatic N) is 2. The van der Waals surface area contributed by atoms with Gasteiger partial charge in [-0.05, 0) is 53.0 Å². The highest BCUT2D eigenvalue weighted by Crippen LogP contribution is 2.25. The summed E-state index contributed by atoms with van der Waals surface area (Å²) in [5.41, 5.74) is 2.28. The van der Waals surface area contributed by atoms with Crippen LogP contribution in [0.3, 0.4) is 0 Å². The second-order valence-corrected chi connectivity index (χ2v) is 6.18. The van der Waals surface area contributed by atoms with Crippen LogP contribution >= 0.6 is 15.9 Å². The summed E-state index contributed by atoms with van der Waals surface area (Å²) in [7, 11) is 0. The molecule has 1 aromatic carbocycles. The number of pyridine rings is 1. The number of carbonyl (C=O) groups excluding carboxylic acids is 1. The van der Waals surface area contributed by atoms with Gasteiger partial charge in [0, 0.05) is 29.4 Å². The number of carbonyl (C=O) groups is 1. The number of halogens is 1. The van der Waals surface area contributed by atoms with Crippen LogP contribution in [0.5, 0.6) is 0 Å². The maximum atomic E-state index is 12.6. The van der Waals surface area contributed by atoms with Crippen molar-refractivity contribution in [1.82, 2.24) is 9.88 Å². The second-order valence-electron chi connectivity index (χ2n) is 5.33. The average molecular weight is 376 g/mol. The molecule has 0 aliphatic heterocycles. The molecule has 1 amide bonds. The monoisotopic (exact) mass is 375 g/mol. The Bertz CT molecular complexity index is 654. The van der Waals surface area contributed by atoms with E-state index in [9.17, 15) is 4.79 Å². The Labute approximate surface area is 146 Å². The number of benzene rings is 1. The first-order valence-corrected chi connectivity index (χ1v) is 8.71. The van der Waals surface area contributed by atoms with Crippen molar-refractivity contribution >= 4 is 33.2 Å². The smallest absolute Gasteiger partial charge is 0.272 e. The van der Waals surface area contributed by atoms with Gasteiger partial charge in [-0.25, -0.2) is 0 Å². The summed E-state index contributed by atoms with van der Waals surface area (Å²) in [6, 6.07) is 11.5. The Kier molecular flexibility index (Phi) is 6.59. The summed E-state index contributed by atoms with van der Waals surface area (Å²) in [6.45, 7) is 5.68. The van der Waals surface area contributed by atoms with Crippen LogP contribution < -0.4 is 5.32 Å². The summed E-state index contributed by atoms with van der Waals surface area (Å²) in [6.07, 6.45) is 3.56. The zero-order valence-electron chi connectivity index (χ0n) is 13.6. The number of hydrogen-bond donors (Lipinski definition) is 1. The predicted molar refractivity (Wildman–Crippen MR) is 98.1 cm³/mol. The van der Waals surface area contributed by atoms with Crippen molar-refractivity contribution in [2.24, 2.45) is 0 Å². The Morgan fingerprint density at radius 2 is 1.87 bits per heavy atom. The van der Waals surface area contributed by atoms with Crippen LogP contribution in [0.15, 0.2) is 47.1 Å². The largest absolute Gasteiger partial charge is 0.354 e. The molecule has 1 aromatic heterocycles. The maximum absolute atomic E-state index is 12.6. The Hall–Kier alpha value is -1.88. The average Bonchev–Trinajstić information content (AvgIpc) is 2.56. The minimum atomic E-state index is -0.00974. The predicted octanol–water partition coefficient (Wildman–Crippen LogP) is 4.85. The molecule has 0 fully saturated rings. The topological polar surface area (TPSA) is 45.2 Å². The minimum Gasteiger partial charge on any atom is -0.354 e. The summed E-state index contributed by atoms with van der Waals surface area (Å²) in [5.74, 6) is -0.00974. The molecule has 23 heavy (non-hydrogen) atoms. The van der Waals surface area contributed by atoms with Gasteiger partial charge in [0.05, 0.1) is 5.69 Å². The standard InChI is InChI=1S/C18H22BrN3O/c1-3-11-22(12-4-2)18(23)17-13-14(9-10-20-17)21-16-8-6-5-7-15(16)19/h5-10,13H,3-4,11-12H2,1-2H3,(H,20,21). The van der Waals surface area contributed by atoms with Crippen molar-refractivity contribution in [2.45, 2.75) is 26.7 Å². The molecule has 5 heteroatoms. The fourth-order valence-corrected chi connectivity index (χ4v) is 2.74. The molecule has 4 nitrogen and oxygen atoms in total. The molecule has 122 valence electrons. The third kappa shape index (κ3) is 4.79. The van der Waals surface area contributed by atoms with Gasteiger partial charge < -0.3 is 10.2 Å². The third-order valence-corrected chi connectivity index (χ3v) is 4.10. The number of nitrogens with one attached hydrogen (secondary N) is 1. The van der Waals surface area contributed by atoms with Crippen LogP contribution in [0.2, 0.25) is 0 Å². The van der Waals surface area contributed by atoms with Crippen LogP contribution in [-0.4, -0.2) is 28.9 Å². The van der Waals surface area contributed by atoms with Gasteiger partial charge in [-0.2, -0.15) is 0 Å². The number of hydrogen-bond acceptors (Lipinski definition) is 3. The van der Waals surface area contributed by atoms with Gasteiger partial charge in [0.25, 0.3) is 5.91 Å². The first-order chi connectivity index (χ1) is 11.2. The Morgan fingerprint density at radius 1 is 1.17 bits per heavy atom. The summed E-state index contributed by atoms with van der Waals surface area (Å²) in [4.78, 5) is 18.7. The fourth-order valence-electron chi connectivity index (χ4n) is 2.36. The first-order valence-electron chi connectivity index (χ1n) is 7.92. The molecule has 0 aliphatic carbocycles. The van der Waals surface area contributed by atoms with E-state index in [-0.39, 0.29) is 5.91 Å². The van der Waals surface area contributed by atoms with Crippen molar-refractivity contribution < 1.29 is 4.79 Å². The van der Waals surface area contributed by atoms with E-state index < -0.39 is 0 Å². The molecule has 2 aromatic rings. The summed E-state index contributed by atoms with van der Waals surface area (Å²) < 4.78 is 0.975. The highest BCUT2D eigenvalue weighted by molar-refractivity contribution is 9.10. The lowest BCUT2D eigenvalue weighted by Crippen LogP contribution is -2.33. The summed E-state index contributed by atoms with van der Waals surface area (Å²) >= 11 is 3.51. The Balaban J connectivity index is 2.18. The molecular weight excluding hydrogens is 354 g/mol. The van der Waals surface area contributed by atoms with Crippen molar-refractivity contribution in [1.29, 1.82) is 0 Å². The van der Waals surface area contributed by atoms with E-state index in [2.05, 4.69) is 40.1 Å². The second kappa shape index (κ2) is 8.67. The molecule has 0 saturated heterocycles.